The summed E-state index contributed by atoms with van der Waals surface area (Å²) < 4.78 is 2.16. The third-order valence-corrected chi connectivity index (χ3v) is 6.09. The van der Waals surface area contributed by atoms with Gasteiger partial charge in [0.2, 0.25) is 5.91 Å². The Bertz CT molecular complexity index is 1010. The predicted octanol–water partition coefficient (Wildman–Crippen LogP) is 5.78. The highest BCUT2D eigenvalue weighted by Gasteiger charge is 2.10. The second-order valence-electron chi connectivity index (χ2n) is 6.48. The van der Waals surface area contributed by atoms with Gasteiger partial charge in [-0.05, 0) is 49.7 Å². The summed E-state index contributed by atoms with van der Waals surface area (Å²) in [5, 5.41) is 5.32. The zero-order valence-corrected chi connectivity index (χ0v) is 18.5. The van der Waals surface area contributed by atoms with E-state index in [1.54, 1.807) is 24.4 Å². The number of amides is 1. The molecule has 0 aliphatic rings. The molecule has 1 heterocycles. The van der Waals surface area contributed by atoms with Crippen molar-refractivity contribution >= 4 is 47.1 Å². The van der Waals surface area contributed by atoms with Gasteiger partial charge < -0.3 is 4.57 Å². The Kier molecular flexibility index (Phi) is 7.42. The average molecular weight is 446 g/mol. The average Bonchev–Trinajstić information content (AvgIpc) is 2.98. The van der Waals surface area contributed by atoms with E-state index < -0.39 is 0 Å². The maximum atomic E-state index is 12.1. The van der Waals surface area contributed by atoms with Crippen molar-refractivity contribution in [1.29, 1.82) is 0 Å². The minimum atomic E-state index is -0.175. The molecule has 0 unspecified atom stereocenters. The zero-order valence-electron chi connectivity index (χ0n) is 16.2. The van der Waals surface area contributed by atoms with Crippen LogP contribution >= 0.6 is 35.0 Å². The van der Waals surface area contributed by atoms with Gasteiger partial charge in [-0.3, -0.25) is 4.79 Å². The Balaban J connectivity index is 1.56. The van der Waals surface area contributed by atoms with Crippen LogP contribution in [-0.4, -0.2) is 22.4 Å². The molecule has 0 atom stereocenters. The lowest BCUT2D eigenvalue weighted by molar-refractivity contribution is -0.118. The smallest absolute Gasteiger partial charge is 0.250 e. The van der Waals surface area contributed by atoms with Crippen LogP contribution in [0.25, 0.3) is 5.69 Å². The molecule has 0 saturated heterocycles. The van der Waals surface area contributed by atoms with E-state index in [0.29, 0.717) is 15.8 Å². The fourth-order valence-corrected chi connectivity index (χ4v) is 4.57. The van der Waals surface area contributed by atoms with Crippen LogP contribution in [-0.2, 0) is 10.5 Å². The highest BCUT2D eigenvalue weighted by molar-refractivity contribution is 7.99. The number of halogens is 2. The van der Waals surface area contributed by atoms with Crippen LogP contribution in [0.15, 0.2) is 59.7 Å². The number of para-hydroxylation sites is 1. The molecule has 0 radical (unpaired) electrons. The highest BCUT2D eigenvalue weighted by Crippen LogP contribution is 2.28. The maximum absolute atomic E-state index is 12.1. The van der Waals surface area contributed by atoms with Crippen molar-refractivity contribution < 1.29 is 4.79 Å². The summed E-state index contributed by atoms with van der Waals surface area (Å²) in [5.41, 5.74) is 7.64. The number of carbonyl (C=O) groups is 1. The van der Waals surface area contributed by atoms with E-state index >= 15 is 0 Å². The van der Waals surface area contributed by atoms with Gasteiger partial charge in [-0.15, -0.1) is 11.8 Å². The molecule has 150 valence electrons. The van der Waals surface area contributed by atoms with Gasteiger partial charge in [-0.2, -0.15) is 5.10 Å². The van der Waals surface area contributed by atoms with Crippen LogP contribution in [0.3, 0.4) is 0 Å². The minimum absolute atomic E-state index is 0.175. The third-order valence-electron chi connectivity index (χ3n) is 4.42. The number of benzene rings is 2. The number of nitrogens with one attached hydrogen (secondary N) is 1. The van der Waals surface area contributed by atoms with E-state index in [1.165, 1.54) is 11.8 Å². The molecule has 0 bridgehead atoms. The van der Waals surface area contributed by atoms with Crippen molar-refractivity contribution in [1.82, 2.24) is 9.99 Å². The largest absolute Gasteiger partial charge is 0.318 e. The quantitative estimate of drug-likeness (QED) is 0.369. The Morgan fingerprint density at radius 3 is 2.48 bits per heavy atom. The first-order valence-electron chi connectivity index (χ1n) is 9.04. The van der Waals surface area contributed by atoms with Crippen LogP contribution in [0.2, 0.25) is 10.0 Å². The lowest BCUT2D eigenvalue weighted by Crippen LogP contribution is -2.19. The molecule has 1 N–H and O–H groups in total. The topological polar surface area (TPSA) is 46.4 Å². The van der Waals surface area contributed by atoms with E-state index in [2.05, 4.69) is 27.2 Å². The molecule has 3 aromatic rings. The molecule has 0 aliphatic carbocycles. The summed E-state index contributed by atoms with van der Waals surface area (Å²) >= 11 is 13.7. The SMILES string of the molecule is Cc1cc(/C=N\NC(=O)CSCc2c(Cl)cccc2Cl)c(C)n1-c1ccccc1. The second-order valence-corrected chi connectivity index (χ2v) is 8.28. The number of rotatable bonds is 7. The number of aryl methyl sites for hydroxylation is 1. The number of nitrogens with zero attached hydrogens (tertiary/aromatic N) is 2. The molecule has 4 nitrogen and oxygen atoms in total. The standard InChI is InChI=1S/C22H21Cl2N3OS/c1-15-11-17(16(2)27(15)18-7-4-3-5-8-18)12-25-26-22(28)14-29-13-19-20(23)9-6-10-21(19)24/h3-12H,13-14H2,1-2H3,(H,26,28)/b25-12-. The molecular weight excluding hydrogens is 425 g/mol. The molecule has 0 saturated carbocycles. The van der Waals surface area contributed by atoms with Gasteiger partial charge in [0.1, 0.15) is 0 Å². The van der Waals surface area contributed by atoms with Gasteiger partial charge >= 0.3 is 0 Å². The molecule has 1 aromatic heterocycles. The number of hydrogen-bond donors (Lipinski definition) is 1. The lowest BCUT2D eigenvalue weighted by Gasteiger charge is -2.09. The summed E-state index contributed by atoms with van der Waals surface area (Å²) in [6, 6.07) is 17.6. The fourth-order valence-electron chi connectivity index (χ4n) is 3.01. The lowest BCUT2D eigenvalue weighted by atomic mass is 10.2. The summed E-state index contributed by atoms with van der Waals surface area (Å²) in [6.45, 7) is 4.08. The van der Waals surface area contributed by atoms with Gasteiger partial charge in [0.15, 0.2) is 0 Å². The van der Waals surface area contributed by atoms with Crippen molar-refractivity contribution in [2.75, 3.05) is 5.75 Å². The molecule has 0 aliphatic heterocycles. The first-order valence-corrected chi connectivity index (χ1v) is 11.0. The van der Waals surface area contributed by atoms with Gasteiger partial charge in [0, 0.05) is 38.4 Å². The normalized spacial score (nSPS) is 11.2. The number of thioether (sulfide) groups is 1. The Labute approximate surface area is 184 Å². The molecule has 1 amide bonds. The van der Waals surface area contributed by atoms with Crippen molar-refractivity contribution in [3.8, 4) is 5.69 Å². The van der Waals surface area contributed by atoms with Crippen molar-refractivity contribution in [2.45, 2.75) is 19.6 Å². The molecular formula is C22H21Cl2N3OS. The number of aromatic nitrogens is 1. The Hall–Kier alpha value is -2.21. The third kappa shape index (κ3) is 5.44. The molecule has 7 heteroatoms. The van der Waals surface area contributed by atoms with Gasteiger partial charge in [0.05, 0.1) is 12.0 Å². The minimum Gasteiger partial charge on any atom is -0.318 e. The van der Waals surface area contributed by atoms with Gasteiger partial charge in [-0.25, -0.2) is 5.43 Å². The molecule has 0 spiro atoms. The Morgan fingerprint density at radius 2 is 1.79 bits per heavy atom. The fraction of sp³-hybridized carbons (Fsp3) is 0.182. The van der Waals surface area contributed by atoms with E-state index in [1.807, 2.05) is 38.1 Å². The second kappa shape index (κ2) is 10.0. The number of hydrogen-bond acceptors (Lipinski definition) is 3. The maximum Gasteiger partial charge on any atom is 0.250 e. The first kappa shape index (κ1) is 21.5. The summed E-state index contributed by atoms with van der Waals surface area (Å²) in [4.78, 5) is 12.1. The zero-order chi connectivity index (χ0) is 20.8. The predicted molar refractivity (Wildman–Crippen MR) is 124 cm³/mol. The van der Waals surface area contributed by atoms with Crippen LogP contribution in [0, 0.1) is 13.8 Å². The molecule has 0 fully saturated rings. The van der Waals surface area contributed by atoms with E-state index in [4.69, 9.17) is 23.2 Å². The molecule has 2 aromatic carbocycles. The van der Waals surface area contributed by atoms with E-state index in [9.17, 15) is 4.79 Å². The Morgan fingerprint density at radius 1 is 1.10 bits per heavy atom. The summed E-state index contributed by atoms with van der Waals surface area (Å²) in [7, 11) is 0. The van der Waals surface area contributed by atoms with Crippen molar-refractivity contribution in [2.24, 2.45) is 5.10 Å². The molecule has 29 heavy (non-hydrogen) atoms. The van der Waals surface area contributed by atoms with Crippen LogP contribution < -0.4 is 5.43 Å². The number of carbonyl (C=O) groups excluding carboxylic acids is 1. The van der Waals surface area contributed by atoms with Gasteiger partial charge in [0.25, 0.3) is 0 Å². The summed E-state index contributed by atoms with van der Waals surface area (Å²) in [6.07, 6.45) is 1.68. The van der Waals surface area contributed by atoms with Crippen molar-refractivity contribution in [3.63, 3.8) is 0 Å². The highest BCUT2D eigenvalue weighted by atomic mass is 35.5. The van der Waals surface area contributed by atoms with Crippen LogP contribution in [0.1, 0.15) is 22.5 Å². The van der Waals surface area contributed by atoms with Crippen molar-refractivity contribution in [3.05, 3.63) is 87.2 Å². The summed E-state index contributed by atoms with van der Waals surface area (Å²) in [5.74, 6) is 0.654. The van der Waals surface area contributed by atoms with Crippen LogP contribution in [0.5, 0.6) is 0 Å². The first-order chi connectivity index (χ1) is 14.0. The van der Waals surface area contributed by atoms with E-state index in [-0.39, 0.29) is 11.7 Å². The van der Waals surface area contributed by atoms with E-state index in [0.717, 1.165) is 28.2 Å². The van der Waals surface area contributed by atoms with Crippen LogP contribution in [0.4, 0.5) is 0 Å². The van der Waals surface area contributed by atoms with Gasteiger partial charge in [-0.1, -0.05) is 47.5 Å². The number of hydrazone groups is 1. The monoisotopic (exact) mass is 445 g/mol. The molecule has 3 rings (SSSR count).